The summed E-state index contributed by atoms with van der Waals surface area (Å²) in [7, 11) is 0. The Bertz CT molecular complexity index is 617. The average molecular weight is 396 g/mol. The molecule has 0 heterocycles. The first-order valence-corrected chi connectivity index (χ1v) is 7.03. The van der Waals surface area contributed by atoms with Crippen LogP contribution in [-0.4, -0.2) is 24.5 Å². The third kappa shape index (κ3) is 3.48. The summed E-state index contributed by atoms with van der Waals surface area (Å²) in [4.78, 5) is 11.9. The van der Waals surface area contributed by atoms with Gasteiger partial charge in [-0.2, -0.15) is 39.5 Å². The van der Waals surface area contributed by atoms with Crippen LogP contribution < -0.4 is 0 Å². The number of ether oxygens (including phenoxy) is 1. The van der Waals surface area contributed by atoms with E-state index in [9.17, 15) is 44.3 Å². The van der Waals surface area contributed by atoms with Crippen molar-refractivity contribution in [1.82, 2.24) is 0 Å². The van der Waals surface area contributed by atoms with Gasteiger partial charge in [-0.15, -0.1) is 0 Å². The third-order valence-corrected chi connectivity index (χ3v) is 4.01. The second-order valence-electron chi connectivity index (χ2n) is 5.62. The van der Waals surface area contributed by atoms with Crippen LogP contribution in [0, 0.1) is 5.41 Å². The summed E-state index contributed by atoms with van der Waals surface area (Å²) in [5, 5.41) is 0. The Morgan fingerprint density at radius 3 is 1.58 bits per heavy atom. The van der Waals surface area contributed by atoms with Gasteiger partial charge in [0.2, 0.25) is 0 Å². The number of esters is 1. The highest BCUT2D eigenvalue weighted by atomic mass is 19.4. The molecule has 0 aliphatic carbocycles. The van der Waals surface area contributed by atoms with Crippen LogP contribution in [0.3, 0.4) is 0 Å². The van der Waals surface area contributed by atoms with E-state index in [2.05, 4.69) is 4.74 Å². The van der Waals surface area contributed by atoms with Crippen LogP contribution in [0.5, 0.6) is 0 Å². The number of alkyl halides is 9. The fourth-order valence-corrected chi connectivity index (χ4v) is 2.05. The SMILES string of the molecule is CCC(C)(C(=O)OC(c1ccccc1)(C(F)(F)F)C(F)(F)F)C(F)(F)F. The normalized spacial score (nSPS) is 16.1. The van der Waals surface area contributed by atoms with E-state index in [-0.39, 0.29) is 6.92 Å². The lowest BCUT2D eigenvalue weighted by molar-refractivity contribution is -0.382. The van der Waals surface area contributed by atoms with Gasteiger partial charge in [0.1, 0.15) is 0 Å². The summed E-state index contributed by atoms with van der Waals surface area (Å²) in [5.41, 5.74) is -10.3. The zero-order valence-corrected chi connectivity index (χ0v) is 13.3. The average Bonchev–Trinajstić information content (AvgIpc) is 2.48. The molecule has 0 saturated heterocycles. The van der Waals surface area contributed by atoms with Crippen LogP contribution in [0.4, 0.5) is 39.5 Å². The fraction of sp³-hybridized carbons (Fsp3) is 0.533. The summed E-state index contributed by atoms with van der Waals surface area (Å²) in [6, 6.07) is 3.43. The molecule has 1 unspecified atom stereocenters. The van der Waals surface area contributed by atoms with E-state index >= 15 is 0 Å². The van der Waals surface area contributed by atoms with Crippen molar-refractivity contribution in [2.24, 2.45) is 5.41 Å². The highest BCUT2D eigenvalue weighted by Gasteiger charge is 2.76. The Kier molecular flexibility index (Phi) is 5.66. The molecule has 1 aromatic rings. The van der Waals surface area contributed by atoms with E-state index in [1.54, 1.807) is 0 Å². The van der Waals surface area contributed by atoms with Gasteiger partial charge in [-0.05, 0) is 13.3 Å². The Morgan fingerprint density at radius 1 is 0.846 bits per heavy atom. The number of hydrogen-bond acceptors (Lipinski definition) is 2. The highest BCUT2D eigenvalue weighted by molar-refractivity contribution is 5.78. The fourth-order valence-electron chi connectivity index (χ4n) is 2.05. The first-order chi connectivity index (χ1) is 11.5. The van der Waals surface area contributed by atoms with Crippen molar-refractivity contribution < 1.29 is 49.0 Å². The Morgan fingerprint density at radius 2 is 1.27 bits per heavy atom. The Hall–Kier alpha value is -1.94. The van der Waals surface area contributed by atoms with Gasteiger partial charge in [-0.25, -0.2) is 0 Å². The number of rotatable bonds is 4. The van der Waals surface area contributed by atoms with Crippen molar-refractivity contribution in [3.8, 4) is 0 Å². The number of carbonyl (C=O) groups is 1. The number of carbonyl (C=O) groups excluding carboxylic acids is 1. The van der Waals surface area contributed by atoms with Crippen molar-refractivity contribution >= 4 is 5.97 Å². The lowest BCUT2D eigenvalue weighted by Gasteiger charge is -2.39. The first-order valence-electron chi connectivity index (χ1n) is 7.03. The van der Waals surface area contributed by atoms with E-state index in [0.29, 0.717) is 12.1 Å². The van der Waals surface area contributed by atoms with Crippen LogP contribution >= 0.6 is 0 Å². The van der Waals surface area contributed by atoms with E-state index in [4.69, 9.17) is 0 Å². The second kappa shape index (κ2) is 6.66. The molecule has 0 aliphatic heterocycles. The maximum absolute atomic E-state index is 13.4. The summed E-state index contributed by atoms with van der Waals surface area (Å²) >= 11 is 0. The molecule has 0 aromatic heterocycles. The monoisotopic (exact) mass is 396 g/mol. The zero-order chi connectivity index (χ0) is 20.6. The van der Waals surface area contributed by atoms with Crippen molar-refractivity contribution in [3.63, 3.8) is 0 Å². The van der Waals surface area contributed by atoms with E-state index in [0.717, 1.165) is 25.1 Å². The van der Waals surface area contributed by atoms with Gasteiger partial charge >= 0.3 is 30.1 Å². The van der Waals surface area contributed by atoms with Gasteiger partial charge in [-0.1, -0.05) is 37.3 Å². The largest absolute Gasteiger partial charge is 0.442 e. The van der Waals surface area contributed by atoms with Crippen molar-refractivity contribution in [2.45, 2.75) is 44.4 Å². The predicted octanol–water partition coefficient (Wildman–Crippen LogP) is 5.53. The number of benzene rings is 1. The number of halogens is 9. The van der Waals surface area contributed by atoms with Crippen molar-refractivity contribution in [3.05, 3.63) is 35.9 Å². The minimum absolute atomic E-state index is 0.178. The molecule has 2 nitrogen and oxygen atoms in total. The molecule has 0 aliphatic rings. The molecular formula is C15H13F9O2. The molecule has 1 aromatic carbocycles. The number of hydrogen-bond donors (Lipinski definition) is 0. The van der Waals surface area contributed by atoms with Gasteiger partial charge in [0.05, 0.1) is 0 Å². The molecule has 0 N–H and O–H groups in total. The maximum Gasteiger partial charge on any atom is 0.442 e. The van der Waals surface area contributed by atoms with Crippen LogP contribution in [-0.2, 0) is 15.1 Å². The maximum atomic E-state index is 13.4. The molecule has 11 heteroatoms. The molecule has 1 rings (SSSR count). The minimum atomic E-state index is -6.26. The van der Waals surface area contributed by atoms with Gasteiger partial charge in [0, 0.05) is 5.56 Å². The topological polar surface area (TPSA) is 26.3 Å². The van der Waals surface area contributed by atoms with E-state index < -0.39 is 47.5 Å². The smallest absolute Gasteiger partial charge is 0.434 e. The van der Waals surface area contributed by atoms with Gasteiger partial charge in [0.25, 0.3) is 0 Å². The van der Waals surface area contributed by atoms with Gasteiger partial charge in [0.15, 0.2) is 5.41 Å². The predicted molar refractivity (Wildman–Crippen MR) is 70.8 cm³/mol. The molecule has 0 bridgehead atoms. The minimum Gasteiger partial charge on any atom is -0.434 e. The molecular weight excluding hydrogens is 383 g/mol. The van der Waals surface area contributed by atoms with Crippen LogP contribution in [0.25, 0.3) is 0 Å². The van der Waals surface area contributed by atoms with Gasteiger partial charge in [-0.3, -0.25) is 4.79 Å². The van der Waals surface area contributed by atoms with Crippen LogP contribution in [0.15, 0.2) is 30.3 Å². The van der Waals surface area contributed by atoms with E-state index in [1.807, 2.05) is 0 Å². The van der Waals surface area contributed by atoms with Crippen LogP contribution in [0.2, 0.25) is 0 Å². The molecule has 1 atom stereocenters. The summed E-state index contributed by atoms with van der Waals surface area (Å²) < 4.78 is 123. The standard InChI is InChI=1S/C15H13F9O2/c1-3-11(2,13(16,17)18)10(25)26-12(14(19,20)21,15(22,23)24)9-7-5-4-6-8-9/h4-8H,3H2,1-2H3. The van der Waals surface area contributed by atoms with E-state index in [1.165, 1.54) is 0 Å². The first kappa shape index (κ1) is 22.1. The molecule has 0 radical (unpaired) electrons. The molecule has 0 saturated carbocycles. The zero-order valence-electron chi connectivity index (χ0n) is 13.3. The summed E-state index contributed by atoms with van der Waals surface area (Å²) in [6.45, 7) is 0.970. The lowest BCUT2D eigenvalue weighted by Crippen LogP contribution is -2.59. The molecule has 26 heavy (non-hydrogen) atoms. The Balaban J connectivity index is 3.66. The van der Waals surface area contributed by atoms with Crippen molar-refractivity contribution in [2.75, 3.05) is 0 Å². The summed E-state index contributed by atoms with van der Waals surface area (Å²) in [6.07, 6.45) is -19.1. The third-order valence-electron chi connectivity index (χ3n) is 4.01. The quantitative estimate of drug-likeness (QED) is 0.494. The Labute approximate surface area is 141 Å². The molecule has 0 amide bonds. The second-order valence-corrected chi connectivity index (χ2v) is 5.62. The van der Waals surface area contributed by atoms with Gasteiger partial charge < -0.3 is 4.74 Å². The molecule has 0 spiro atoms. The molecule has 0 fully saturated rings. The highest BCUT2D eigenvalue weighted by Crippen LogP contribution is 2.54. The molecule has 148 valence electrons. The lowest BCUT2D eigenvalue weighted by atomic mass is 9.85. The summed E-state index contributed by atoms with van der Waals surface area (Å²) in [5.74, 6) is -2.67. The van der Waals surface area contributed by atoms with Crippen molar-refractivity contribution in [1.29, 1.82) is 0 Å². The van der Waals surface area contributed by atoms with Crippen LogP contribution in [0.1, 0.15) is 25.8 Å².